The maximum absolute atomic E-state index is 12.7. The average molecular weight is 604 g/mol. The first-order valence-corrected chi connectivity index (χ1v) is 14.9. The summed E-state index contributed by atoms with van der Waals surface area (Å²) >= 11 is 0. The molecule has 13 nitrogen and oxygen atoms in total. The minimum atomic E-state index is -0.390. The fourth-order valence-corrected chi connectivity index (χ4v) is 4.89. The summed E-state index contributed by atoms with van der Waals surface area (Å²) in [7, 11) is 5.72. The number of morpholine rings is 2. The molecule has 2 N–H and O–H groups in total. The van der Waals surface area contributed by atoms with Gasteiger partial charge in [0, 0.05) is 68.8 Å². The number of carbonyl (C=O) groups excluding carboxylic acids is 2. The van der Waals surface area contributed by atoms with Crippen LogP contribution in [0.4, 0.5) is 28.1 Å². The Kier molecular flexibility index (Phi) is 10.2. The number of anilines is 4. The van der Waals surface area contributed by atoms with E-state index in [0.717, 1.165) is 12.1 Å². The van der Waals surface area contributed by atoms with Gasteiger partial charge in [-0.1, -0.05) is 0 Å². The van der Waals surface area contributed by atoms with E-state index in [0.29, 0.717) is 87.2 Å². The van der Waals surface area contributed by atoms with Crippen LogP contribution >= 0.6 is 0 Å². The number of hydrogen-bond acceptors (Lipinski definition) is 10. The van der Waals surface area contributed by atoms with Gasteiger partial charge >= 0.3 is 6.03 Å². The van der Waals surface area contributed by atoms with Crippen molar-refractivity contribution in [3.05, 3.63) is 54.1 Å². The molecule has 3 amide bonds. The SMILES string of the molecule is CC1CN(c2nc(-c3ccc(NC(=O)Nc4ccc(C(=O)N(C)CCN(C)C)cc4)cc3)nc(N3CCOCC3)n2)CCO1. The number of benzene rings is 2. The number of ether oxygens (including phenoxy) is 2. The van der Waals surface area contributed by atoms with Crippen molar-refractivity contribution < 1.29 is 19.1 Å². The number of nitrogens with one attached hydrogen (secondary N) is 2. The topological polar surface area (TPSA) is 128 Å². The van der Waals surface area contributed by atoms with Crippen LogP contribution < -0.4 is 20.4 Å². The molecule has 0 spiro atoms. The Morgan fingerprint density at radius 3 is 2.02 bits per heavy atom. The highest BCUT2D eigenvalue weighted by Crippen LogP contribution is 2.25. The predicted octanol–water partition coefficient (Wildman–Crippen LogP) is 2.88. The van der Waals surface area contributed by atoms with E-state index in [1.165, 1.54) is 0 Å². The largest absolute Gasteiger partial charge is 0.378 e. The van der Waals surface area contributed by atoms with Gasteiger partial charge in [-0.15, -0.1) is 0 Å². The van der Waals surface area contributed by atoms with Crippen LogP contribution in [0.2, 0.25) is 0 Å². The first kappa shape index (κ1) is 31.1. The van der Waals surface area contributed by atoms with E-state index in [2.05, 4.69) is 20.4 Å². The summed E-state index contributed by atoms with van der Waals surface area (Å²) in [4.78, 5) is 47.7. The summed E-state index contributed by atoms with van der Waals surface area (Å²) in [5.41, 5.74) is 2.57. The number of carbonyl (C=O) groups is 2. The van der Waals surface area contributed by atoms with Gasteiger partial charge in [0.05, 0.1) is 25.9 Å². The summed E-state index contributed by atoms with van der Waals surface area (Å²) in [6.07, 6.45) is 0.0903. The Hall–Kier alpha value is -4.33. The van der Waals surface area contributed by atoms with Crippen LogP contribution in [-0.4, -0.2) is 123 Å². The van der Waals surface area contributed by atoms with Gasteiger partial charge in [-0.05, 0) is 69.6 Å². The summed E-state index contributed by atoms with van der Waals surface area (Å²) in [6, 6.07) is 13.9. The second-order valence-electron chi connectivity index (χ2n) is 11.2. The lowest BCUT2D eigenvalue weighted by Gasteiger charge is -2.32. The third kappa shape index (κ3) is 8.18. The molecule has 234 valence electrons. The molecular weight excluding hydrogens is 562 g/mol. The van der Waals surface area contributed by atoms with Crippen LogP contribution in [0.15, 0.2) is 48.5 Å². The lowest BCUT2D eigenvalue weighted by atomic mass is 10.2. The number of hydrogen-bond donors (Lipinski definition) is 2. The zero-order valence-electron chi connectivity index (χ0n) is 25.8. The molecular formula is C31H41N9O4. The Labute approximate surface area is 258 Å². The van der Waals surface area contributed by atoms with Crippen LogP contribution in [0.25, 0.3) is 11.4 Å². The normalized spacial score (nSPS) is 17.0. The van der Waals surface area contributed by atoms with Gasteiger partial charge in [-0.3, -0.25) is 4.79 Å². The van der Waals surface area contributed by atoms with Crippen LogP contribution in [0.1, 0.15) is 17.3 Å². The summed E-state index contributed by atoms with van der Waals surface area (Å²) in [5.74, 6) is 1.75. The molecule has 2 aromatic carbocycles. The van der Waals surface area contributed by atoms with Crippen LogP contribution in [0.5, 0.6) is 0 Å². The fraction of sp³-hybridized carbons (Fsp3) is 0.452. The minimum Gasteiger partial charge on any atom is -0.378 e. The smallest absolute Gasteiger partial charge is 0.323 e. The maximum atomic E-state index is 12.7. The quantitative estimate of drug-likeness (QED) is 0.377. The van der Waals surface area contributed by atoms with Crippen molar-refractivity contribution in [2.75, 3.05) is 101 Å². The van der Waals surface area contributed by atoms with Crippen LogP contribution in [0.3, 0.4) is 0 Å². The van der Waals surface area contributed by atoms with Gasteiger partial charge in [-0.25, -0.2) is 4.79 Å². The Morgan fingerprint density at radius 2 is 1.41 bits per heavy atom. The molecule has 1 atom stereocenters. The van der Waals surface area contributed by atoms with Crippen molar-refractivity contribution in [2.24, 2.45) is 0 Å². The first-order valence-electron chi connectivity index (χ1n) is 14.9. The number of amides is 3. The molecule has 0 bridgehead atoms. The Balaban J connectivity index is 1.23. The number of aromatic nitrogens is 3. The van der Waals surface area contributed by atoms with E-state index in [9.17, 15) is 9.59 Å². The van der Waals surface area contributed by atoms with E-state index in [1.807, 2.05) is 50.2 Å². The number of urea groups is 1. The summed E-state index contributed by atoms with van der Waals surface area (Å²) < 4.78 is 11.2. The third-order valence-corrected chi connectivity index (χ3v) is 7.45. The summed E-state index contributed by atoms with van der Waals surface area (Å²) in [5, 5.41) is 5.67. The standard InChI is InChI=1S/C31H41N9O4/c1-22-21-40(17-20-44-22)30-35-27(34-29(36-30)39-15-18-43-19-16-39)23-5-9-25(10-6-23)32-31(42)33-26-11-7-24(8-12-26)28(41)38(4)14-13-37(2)3/h5-12,22H,13-21H2,1-4H3,(H2,32,33,42). The molecule has 2 saturated heterocycles. The lowest BCUT2D eigenvalue weighted by molar-refractivity contribution is 0.0526. The van der Waals surface area contributed by atoms with Gasteiger partial charge in [0.15, 0.2) is 5.82 Å². The molecule has 2 fully saturated rings. The molecule has 1 unspecified atom stereocenters. The molecule has 3 heterocycles. The average Bonchev–Trinajstić information content (AvgIpc) is 3.04. The number of nitrogens with zero attached hydrogens (tertiary/aromatic N) is 7. The molecule has 0 radical (unpaired) electrons. The van der Waals surface area contributed by atoms with Gasteiger partial charge < -0.3 is 39.7 Å². The van der Waals surface area contributed by atoms with E-state index in [-0.39, 0.29) is 12.0 Å². The second kappa shape index (κ2) is 14.4. The predicted molar refractivity (Wildman–Crippen MR) is 171 cm³/mol. The maximum Gasteiger partial charge on any atom is 0.323 e. The molecule has 13 heteroatoms. The molecule has 2 aliphatic rings. The van der Waals surface area contributed by atoms with Crippen molar-refractivity contribution in [2.45, 2.75) is 13.0 Å². The highest BCUT2D eigenvalue weighted by atomic mass is 16.5. The molecule has 44 heavy (non-hydrogen) atoms. The van der Waals surface area contributed by atoms with Crippen molar-refractivity contribution >= 4 is 35.2 Å². The summed E-state index contributed by atoms with van der Waals surface area (Å²) in [6.45, 7) is 8.18. The van der Waals surface area contributed by atoms with E-state index >= 15 is 0 Å². The highest BCUT2D eigenvalue weighted by Gasteiger charge is 2.23. The van der Waals surface area contributed by atoms with E-state index in [4.69, 9.17) is 24.4 Å². The second-order valence-corrected chi connectivity index (χ2v) is 11.2. The van der Waals surface area contributed by atoms with Gasteiger partial charge in [0.1, 0.15) is 0 Å². The third-order valence-electron chi connectivity index (χ3n) is 7.45. The van der Waals surface area contributed by atoms with Crippen LogP contribution in [0, 0.1) is 0 Å². The van der Waals surface area contributed by atoms with Crippen molar-refractivity contribution in [3.63, 3.8) is 0 Å². The lowest BCUT2D eigenvalue weighted by Crippen LogP contribution is -2.43. The molecule has 2 aliphatic heterocycles. The monoisotopic (exact) mass is 603 g/mol. The highest BCUT2D eigenvalue weighted by molar-refractivity contribution is 6.00. The van der Waals surface area contributed by atoms with E-state index < -0.39 is 6.03 Å². The van der Waals surface area contributed by atoms with Crippen molar-refractivity contribution in [3.8, 4) is 11.4 Å². The van der Waals surface area contributed by atoms with E-state index in [1.54, 1.807) is 36.2 Å². The van der Waals surface area contributed by atoms with Crippen molar-refractivity contribution in [1.29, 1.82) is 0 Å². The van der Waals surface area contributed by atoms with Gasteiger partial charge in [0.2, 0.25) is 11.9 Å². The minimum absolute atomic E-state index is 0.0650. The zero-order valence-corrected chi connectivity index (χ0v) is 25.8. The molecule has 1 aromatic heterocycles. The van der Waals surface area contributed by atoms with Crippen LogP contribution in [-0.2, 0) is 9.47 Å². The van der Waals surface area contributed by atoms with Crippen molar-refractivity contribution in [1.82, 2.24) is 24.8 Å². The molecule has 5 rings (SSSR count). The Bertz CT molecular complexity index is 1410. The zero-order chi connectivity index (χ0) is 31.1. The molecule has 3 aromatic rings. The van der Waals surface area contributed by atoms with Gasteiger partial charge in [-0.2, -0.15) is 15.0 Å². The number of rotatable bonds is 9. The molecule has 0 saturated carbocycles. The molecule has 0 aliphatic carbocycles. The fourth-order valence-electron chi connectivity index (χ4n) is 4.89. The van der Waals surface area contributed by atoms with Gasteiger partial charge in [0.25, 0.3) is 5.91 Å². The number of likely N-dealkylation sites (N-methyl/N-ethyl adjacent to an activating group) is 2. The Morgan fingerprint density at radius 1 is 0.818 bits per heavy atom. The first-order chi connectivity index (χ1) is 21.2.